The van der Waals surface area contributed by atoms with E-state index in [1.54, 1.807) is 14.2 Å². The smallest absolute Gasteiger partial charge is 0.127 e. The van der Waals surface area contributed by atoms with Gasteiger partial charge in [0.1, 0.15) is 11.5 Å². The minimum atomic E-state index is -0.109. The zero-order valence-corrected chi connectivity index (χ0v) is 12.9. The summed E-state index contributed by atoms with van der Waals surface area (Å²) in [4.78, 5) is 2.16. The first kappa shape index (κ1) is 16.8. The molecule has 20 heavy (non-hydrogen) atoms. The Morgan fingerprint density at radius 2 is 2.00 bits per heavy atom. The maximum atomic E-state index is 6.26. The molecule has 1 aromatic rings. The van der Waals surface area contributed by atoms with Gasteiger partial charge in [-0.3, -0.25) is 0 Å². The molecule has 0 aromatic heterocycles. The third-order valence-corrected chi connectivity index (χ3v) is 3.17. The second-order valence-electron chi connectivity index (χ2n) is 4.67. The number of methoxy groups -OCH3 is 2. The van der Waals surface area contributed by atoms with Crippen LogP contribution in [0.4, 0.5) is 0 Å². The van der Waals surface area contributed by atoms with Gasteiger partial charge in [-0.1, -0.05) is 6.07 Å². The van der Waals surface area contributed by atoms with Crippen LogP contribution in [0.15, 0.2) is 18.2 Å². The van der Waals surface area contributed by atoms with Gasteiger partial charge in [-0.2, -0.15) is 0 Å². The molecule has 0 aliphatic rings. The van der Waals surface area contributed by atoms with Crippen LogP contribution in [-0.2, 0) is 4.74 Å². The highest BCUT2D eigenvalue weighted by Crippen LogP contribution is 2.28. The Bertz CT molecular complexity index is 399. The molecule has 1 unspecified atom stereocenters. The highest BCUT2D eigenvalue weighted by atomic mass is 16.5. The van der Waals surface area contributed by atoms with Crippen LogP contribution in [0, 0.1) is 0 Å². The third-order valence-electron chi connectivity index (χ3n) is 3.17. The van der Waals surface area contributed by atoms with Gasteiger partial charge in [0.05, 0.1) is 20.8 Å². The minimum absolute atomic E-state index is 0.109. The number of hydrogen-bond acceptors (Lipinski definition) is 5. The van der Waals surface area contributed by atoms with Gasteiger partial charge < -0.3 is 24.8 Å². The Hall–Kier alpha value is -1.30. The van der Waals surface area contributed by atoms with E-state index in [1.807, 2.05) is 32.2 Å². The molecule has 0 aliphatic heterocycles. The summed E-state index contributed by atoms with van der Waals surface area (Å²) in [5, 5.41) is 0. The standard InChI is InChI=1S/C15H26N2O3/c1-5-20-9-8-17(2)11-14(16)13-7-6-12(18-3)10-15(13)19-4/h6-7,10,14H,5,8-9,11,16H2,1-4H3. The number of hydrogen-bond donors (Lipinski definition) is 1. The fourth-order valence-corrected chi connectivity index (χ4v) is 2.01. The van der Waals surface area contributed by atoms with E-state index in [9.17, 15) is 0 Å². The summed E-state index contributed by atoms with van der Waals surface area (Å²) in [7, 11) is 5.31. The van der Waals surface area contributed by atoms with E-state index in [1.165, 1.54) is 0 Å². The molecule has 0 saturated carbocycles. The Balaban J connectivity index is 2.64. The molecular weight excluding hydrogens is 256 g/mol. The van der Waals surface area contributed by atoms with Gasteiger partial charge in [0.25, 0.3) is 0 Å². The molecule has 114 valence electrons. The maximum absolute atomic E-state index is 6.26. The van der Waals surface area contributed by atoms with Gasteiger partial charge >= 0.3 is 0 Å². The summed E-state index contributed by atoms with van der Waals surface area (Å²) in [5.74, 6) is 1.53. The van der Waals surface area contributed by atoms with Crippen molar-refractivity contribution in [2.75, 3.05) is 47.6 Å². The number of likely N-dealkylation sites (N-methyl/N-ethyl adjacent to an activating group) is 1. The lowest BCUT2D eigenvalue weighted by molar-refractivity contribution is 0.120. The highest BCUT2D eigenvalue weighted by Gasteiger charge is 2.14. The average molecular weight is 282 g/mol. The zero-order chi connectivity index (χ0) is 15.0. The molecule has 5 heteroatoms. The highest BCUT2D eigenvalue weighted by molar-refractivity contribution is 5.42. The molecule has 2 N–H and O–H groups in total. The van der Waals surface area contributed by atoms with E-state index >= 15 is 0 Å². The topological polar surface area (TPSA) is 57.0 Å². The molecule has 0 spiro atoms. The molecule has 0 radical (unpaired) electrons. The van der Waals surface area contributed by atoms with Crippen LogP contribution in [0.1, 0.15) is 18.5 Å². The molecule has 0 amide bonds. The Morgan fingerprint density at radius 3 is 2.60 bits per heavy atom. The number of nitrogens with two attached hydrogens (primary N) is 1. The molecule has 0 heterocycles. The van der Waals surface area contributed by atoms with Crippen molar-refractivity contribution in [3.8, 4) is 11.5 Å². The molecule has 5 nitrogen and oxygen atoms in total. The third kappa shape index (κ3) is 5.00. The fraction of sp³-hybridized carbons (Fsp3) is 0.600. The Morgan fingerprint density at radius 1 is 1.25 bits per heavy atom. The molecule has 0 saturated heterocycles. The van der Waals surface area contributed by atoms with E-state index in [2.05, 4.69) is 4.90 Å². The summed E-state index contributed by atoms with van der Waals surface area (Å²) < 4.78 is 15.9. The SMILES string of the molecule is CCOCCN(C)CC(N)c1ccc(OC)cc1OC. The summed E-state index contributed by atoms with van der Waals surface area (Å²) in [5.41, 5.74) is 7.25. The largest absolute Gasteiger partial charge is 0.497 e. The molecule has 1 atom stereocenters. The molecule has 0 bridgehead atoms. The maximum Gasteiger partial charge on any atom is 0.127 e. The van der Waals surface area contributed by atoms with E-state index in [0.717, 1.165) is 43.4 Å². The van der Waals surface area contributed by atoms with Crippen LogP contribution in [0.25, 0.3) is 0 Å². The predicted molar refractivity (Wildman–Crippen MR) is 80.5 cm³/mol. The van der Waals surface area contributed by atoms with Crippen molar-refractivity contribution in [2.24, 2.45) is 5.73 Å². The van der Waals surface area contributed by atoms with Crippen molar-refractivity contribution < 1.29 is 14.2 Å². The van der Waals surface area contributed by atoms with Crippen molar-refractivity contribution in [1.82, 2.24) is 4.90 Å². The van der Waals surface area contributed by atoms with Crippen LogP contribution < -0.4 is 15.2 Å². The first-order valence-corrected chi connectivity index (χ1v) is 6.86. The van der Waals surface area contributed by atoms with E-state index in [-0.39, 0.29) is 6.04 Å². The first-order valence-electron chi connectivity index (χ1n) is 6.86. The van der Waals surface area contributed by atoms with Crippen LogP contribution in [0.3, 0.4) is 0 Å². The van der Waals surface area contributed by atoms with Gasteiger partial charge in [-0.15, -0.1) is 0 Å². The van der Waals surface area contributed by atoms with Crippen LogP contribution in [0.2, 0.25) is 0 Å². The normalized spacial score (nSPS) is 12.5. The minimum Gasteiger partial charge on any atom is -0.497 e. The number of benzene rings is 1. The lowest BCUT2D eigenvalue weighted by atomic mass is 10.1. The van der Waals surface area contributed by atoms with E-state index in [4.69, 9.17) is 19.9 Å². The average Bonchev–Trinajstić information content (AvgIpc) is 2.46. The zero-order valence-electron chi connectivity index (χ0n) is 12.9. The second kappa shape index (κ2) is 8.79. The molecule has 0 aliphatic carbocycles. The van der Waals surface area contributed by atoms with Gasteiger partial charge in [0, 0.05) is 37.4 Å². The van der Waals surface area contributed by atoms with Crippen molar-refractivity contribution in [3.63, 3.8) is 0 Å². The van der Waals surface area contributed by atoms with E-state index in [0.29, 0.717) is 0 Å². The summed E-state index contributed by atoms with van der Waals surface area (Å²) in [6, 6.07) is 5.61. The molecule has 0 fully saturated rings. The number of rotatable bonds is 9. The summed E-state index contributed by atoms with van der Waals surface area (Å²) >= 11 is 0. The first-order chi connectivity index (χ1) is 9.62. The summed E-state index contributed by atoms with van der Waals surface area (Å²) in [6.07, 6.45) is 0. The van der Waals surface area contributed by atoms with Crippen LogP contribution in [0.5, 0.6) is 11.5 Å². The van der Waals surface area contributed by atoms with Crippen LogP contribution in [-0.4, -0.2) is 52.5 Å². The quantitative estimate of drug-likeness (QED) is 0.698. The fourth-order valence-electron chi connectivity index (χ4n) is 2.01. The lowest BCUT2D eigenvalue weighted by Gasteiger charge is -2.23. The Kier molecular flexibility index (Phi) is 7.36. The van der Waals surface area contributed by atoms with E-state index < -0.39 is 0 Å². The lowest BCUT2D eigenvalue weighted by Crippen LogP contribution is -2.31. The summed E-state index contributed by atoms with van der Waals surface area (Å²) in [6.45, 7) is 5.06. The van der Waals surface area contributed by atoms with Gasteiger partial charge in [0.2, 0.25) is 0 Å². The van der Waals surface area contributed by atoms with Crippen molar-refractivity contribution in [3.05, 3.63) is 23.8 Å². The van der Waals surface area contributed by atoms with Crippen molar-refractivity contribution >= 4 is 0 Å². The number of nitrogens with zero attached hydrogens (tertiary/aromatic N) is 1. The second-order valence-corrected chi connectivity index (χ2v) is 4.67. The molecule has 1 rings (SSSR count). The monoisotopic (exact) mass is 282 g/mol. The Labute approximate surface area is 121 Å². The molecular formula is C15H26N2O3. The predicted octanol–water partition coefficient (Wildman–Crippen LogP) is 1.67. The van der Waals surface area contributed by atoms with Crippen molar-refractivity contribution in [1.29, 1.82) is 0 Å². The number of ether oxygens (including phenoxy) is 3. The van der Waals surface area contributed by atoms with Gasteiger partial charge in [-0.25, -0.2) is 0 Å². The van der Waals surface area contributed by atoms with Crippen LogP contribution >= 0.6 is 0 Å². The molecule has 1 aromatic carbocycles. The van der Waals surface area contributed by atoms with Crippen molar-refractivity contribution in [2.45, 2.75) is 13.0 Å². The van der Waals surface area contributed by atoms with Gasteiger partial charge in [-0.05, 0) is 20.0 Å². The van der Waals surface area contributed by atoms with Gasteiger partial charge in [0.15, 0.2) is 0 Å².